The van der Waals surface area contributed by atoms with Crippen molar-refractivity contribution in [1.29, 1.82) is 0 Å². The summed E-state index contributed by atoms with van der Waals surface area (Å²) in [4.78, 5) is 29.8. The minimum Gasteiger partial charge on any atom is -0.378 e. The Morgan fingerprint density at radius 3 is 2.52 bits per heavy atom. The van der Waals surface area contributed by atoms with Gasteiger partial charge in [-0.25, -0.2) is 13.4 Å². The highest BCUT2D eigenvalue weighted by Gasteiger charge is 2.21. The Morgan fingerprint density at radius 1 is 1.09 bits per heavy atom. The third-order valence-electron chi connectivity index (χ3n) is 5.13. The molecule has 33 heavy (non-hydrogen) atoms. The van der Waals surface area contributed by atoms with Crippen molar-refractivity contribution in [3.05, 3.63) is 59.9 Å². The molecule has 3 aromatic rings. The van der Waals surface area contributed by atoms with Gasteiger partial charge in [0.05, 0.1) is 24.5 Å². The molecule has 0 saturated carbocycles. The van der Waals surface area contributed by atoms with Crippen LogP contribution in [0.1, 0.15) is 23.1 Å². The van der Waals surface area contributed by atoms with Crippen molar-refractivity contribution in [3.63, 3.8) is 0 Å². The lowest BCUT2D eigenvalue weighted by molar-refractivity contribution is -0.134. The molecule has 172 valence electrons. The fourth-order valence-corrected chi connectivity index (χ4v) is 5.15. The summed E-state index contributed by atoms with van der Waals surface area (Å²) in [5, 5.41) is 0.0954. The van der Waals surface area contributed by atoms with Gasteiger partial charge in [0.1, 0.15) is 0 Å². The molecule has 0 aliphatic carbocycles. The van der Waals surface area contributed by atoms with Crippen molar-refractivity contribution in [2.45, 2.75) is 18.2 Å². The fraction of sp³-hybridized carbons (Fsp3) is 0.273. The normalized spacial score (nSPS) is 14.2. The molecule has 0 spiro atoms. The molecule has 1 saturated heterocycles. The van der Waals surface area contributed by atoms with E-state index in [1.165, 1.54) is 19.1 Å². The van der Waals surface area contributed by atoms with Gasteiger partial charge in [0.15, 0.2) is 11.6 Å². The van der Waals surface area contributed by atoms with Gasteiger partial charge in [-0.1, -0.05) is 30.3 Å². The van der Waals surface area contributed by atoms with Crippen LogP contribution in [0.3, 0.4) is 0 Å². The second-order valence-corrected chi connectivity index (χ2v) is 9.89. The molecule has 2 heterocycles. The number of ketones is 1. The van der Waals surface area contributed by atoms with Crippen LogP contribution in [-0.2, 0) is 26.0 Å². The molecule has 9 nitrogen and oxygen atoms in total. The number of hydrogen-bond acceptors (Lipinski definition) is 8. The zero-order valence-corrected chi connectivity index (χ0v) is 19.5. The van der Waals surface area contributed by atoms with E-state index in [4.69, 9.17) is 4.74 Å². The largest absolute Gasteiger partial charge is 0.378 e. The van der Waals surface area contributed by atoms with Crippen LogP contribution in [0.25, 0.3) is 11.1 Å². The summed E-state index contributed by atoms with van der Waals surface area (Å²) in [6.07, 6.45) is 0.00620. The number of sulfonamides is 1. The lowest BCUT2D eigenvalue weighted by Gasteiger charge is -2.26. The number of hydrogen-bond donors (Lipinski definition) is 1. The molecule has 1 aliphatic rings. The Balaban J connectivity index is 1.43. The SMILES string of the molecule is CC(=O)c1cccc(-c2ccc(S(=O)(=O)Nc3nc(CC(=O)N4CCOCC4)ns3)cc2)c1. The first-order valence-electron chi connectivity index (χ1n) is 10.2. The molecule has 1 amide bonds. The second-order valence-electron chi connectivity index (χ2n) is 7.45. The summed E-state index contributed by atoms with van der Waals surface area (Å²) in [5.41, 5.74) is 2.19. The van der Waals surface area contributed by atoms with E-state index in [0.717, 1.165) is 22.7 Å². The maximum atomic E-state index is 12.8. The van der Waals surface area contributed by atoms with E-state index in [1.54, 1.807) is 35.2 Å². The second kappa shape index (κ2) is 9.77. The number of Topliss-reactive ketones (excluding diaryl/α,β-unsaturated/α-hetero) is 1. The first kappa shape index (κ1) is 23.0. The molecule has 0 radical (unpaired) electrons. The van der Waals surface area contributed by atoms with E-state index < -0.39 is 10.0 Å². The molecular weight excluding hydrogens is 464 g/mol. The molecule has 4 rings (SSSR count). The zero-order valence-electron chi connectivity index (χ0n) is 17.9. The first-order chi connectivity index (χ1) is 15.8. The number of rotatable bonds is 7. The lowest BCUT2D eigenvalue weighted by Crippen LogP contribution is -2.41. The summed E-state index contributed by atoms with van der Waals surface area (Å²) < 4.78 is 37.3. The predicted octanol–water partition coefficient (Wildman–Crippen LogP) is 2.61. The van der Waals surface area contributed by atoms with E-state index in [9.17, 15) is 18.0 Å². The van der Waals surface area contributed by atoms with Gasteiger partial charge in [0.2, 0.25) is 11.0 Å². The van der Waals surface area contributed by atoms with E-state index in [0.29, 0.717) is 31.9 Å². The van der Waals surface area contributed by atoms with Gasteiger partial charge >= 0.3 is 0 Å². The number of anilines is 1. The Hall–Kier alpha value is -3.15. The number of amides is 1. The van der Waals surface area contributed by atoms with Crippen LogP contribution in [0.5, 0.6) is 0 Å². The summed E-state index contributed by atoms with van der Waals surface area (Å²) >= 11 is 0.885. The van der Waals surface area contributed by atoms with Crippen molar-refractivity contribution in [3.8, 4) is 11.1 Å². The predicted molar refractivity (Wildman–Crippen MR) is 124 cm³/mol. The van der Waals surface area contributed by atoms with Crippen LogP contribution in [0, 0.1) is 0 Å². The molecule has 2 aromatic carbocycles. The van der Waals surface area contributed by atoms with Crippen molar-refractivity contribution in [1.82, 2.24) is 14.3 Å². The average molecular weight is 487 g/mol. The van der Waals surface area contributed by atoms with Gasteiger partial charge in [0, 0.05) is 30.2 Å². The minimum absolute atomic E-state index is 0.00620. The number of carbonyl (C=O) groups excluding carboxylic acids is 2. The number of morpholine rings is 1. The van der Waals surface area contributed by atoms with Crippen LogP contribution in [-0.4, -0.2) is 60.7 Å². The minimum atomic E-state index is -3.88. The Kier molecular flexibility index (Phi) is 6.82. The summed E-state index contributed by atoms with van der Waals surface area (Å²) in [6, 6.07) is 13.5. The molecule has 11 heteroatoms. The molecule has 0 atom stereocenters. The standard InChI is InChI=1S/C22H22N4O5S2/c1-15(27)17-3-2-4-18(13-17)16-5-7-19(8-6-16)33(29,30)25-22-23-20(24-32-22)14-21(28)26-9-11-31-12-10-26/h2-8,13H,9-12,14H2,1H3,(H,23,24,25). The fourth-order valence-electron chi connectivity index (χ4n) is 3.35. The number of nitrogens with one attached hydrogen (secondary N) is 1. The van der Waals surface area contributed by atoms with E-state index in [2.05, 4.69) is 14.1 Å². The zero-order chi connectivity index (χ0) is 23.4. The summed E-state index contributed by atoms with van der Waals surface area (Å²) in [6.45, 7) is 3.55. The molecule has 1 N–H and O–H groups in total. The van der Waals surface area contributed by atoms with Gasteiger partial charge in [-0.15, -0.1) is 0 Å². The number of nitrogens with zero attached hydrogens (tertiary/aromatic N) is 3. The highest BCUT2D eigenvalue weighted by Crippen LogP contribution is 2.24. The van der Waals surface area contributed by atoms with Crippen molar-refractivity contribution >= 4 is 38.4 Å². The molecule has 1 aliphatic heterocycles. The number of ether oxygens (including phenoxy) is 1. The molecule has 1 aromatic heterocycles. The third kappa shape index (κ3) is 5.62. The van der Waals surface area contributed by atoms with E-state index >= 15 is 0 Å². The van der Waals surface area contributed by atoms with Crippen molar-refractivity contribution < 1.29 is 22.7 Å². The smallest absolute Gasteiger partial charge is 0.263 e. The lowest BCUT2D eigenvalue weighted by atomic mass is 10.0. The van der Waals surface area contributed by atoms with Crippen LogP contribution < -0.4 is 4.72 Å². The van der Waals surface area contributed by atoms with Crippen molar-refractivity contribution in [2.75, 3.05) is 31.0 Å². The Labute approximate surface area is 195 Å². The van der Waals surface area contributed by atoms with Gasteiger partial charge in [-0.05, 0) is 36.2 Å². The summed E-state index contributed by atoms with van der Waals surface area (Å²) in [5.74, 6) is 0.119. The Morgan fingerprint density at radius 2 is 1.82 bits per heavy atom. The molecule has 1 fully saturated rings. The van der Waals surface area contributed by atoms with Gasteiger partial charge in [0.25, 0.3) is 10.0 Å². The number of benzene rings is 2. The van der Waals surface area contributed by atoms with Gasteiger partial charge < -0.3 is 9.64 Å². The summed E-state index contributed by atoms with van der Waals surface area (Å²) in [7, 11) is -3.88. The highest BCUT2D eigenvalue weighted by atomic mass is 32.2. The maximum Gasteiger partial charge on any atom is 0.263 e. The Bertz CT molecular complexity index is 1270. The highest BCUT2D eigenvalue weighted by molar-refractivity contribution is 7.93. The first-order valence-corrected chi connectivity index (χ1v) is 12.5. The van der Waals surface area contributed by atoms with E-state index in [1.807, 2.05) is 6.07 Å². The van der Waals surface area contributed by atoms with Gasteiger partial charge in [-0.3, -0.25) is 14.3 Å². The van der Waals surface area contributed by atoms with Crippen LogP contribution >= 0.6 is 11.5 Å². The average Bonchev–Trinajstić information content (AvgIpc) is 3.25. The quantitative estimate of drug-likeness (QED) is 0.510. The number of aromatic nitrogens is 2. The number of carbonyl (C=O) groups is 2. The molecular formula is C22H22N4O5S2. The topological polar surface area (TPSA) is 119 Å². The monoisotopic (exact) mass is 486 g/mol. The van der Waals surface area contributed by atoms with Crippen LogP contribution in [0.4, 0.5) is 5.13 Å². The van der Waals surface area contributed by atoms with E-state index in [-0.39, 0.29) is 34.0 Å². The molecule has 0 bridgehead atoms. The third-order valence-corrected chi connectivity index (χ3v) is 7.28. The van der Waals surface area contributed by atoms with Crippen LogP contribution in [0.2, 0.25) is 0 Å². The molecule has 0 unspecified atom stereocenters. The van der Waals surface area contributed by atoms with Gasteiger partial charge in [-0.2, -0.15) is 4.37 Å². The van der Waals surface area contributed by atoms with Crippen LogP contribution in [0.15, 0.2) is 53.4 Å². The van der Waals surface area contributed by atoms with Crippen molar-refractivity contribution in [2.24, 2.45) is 0 Å². The maximum absolute atomic E-state index is 12.8.